The Labute approximate surface area is 125 Å². The second kappa shape index (κ2) is 7.42. The molecule has 0 amide bonds. The Morgan fingerprint density at radius 3 is 2.57 bits per heavy atom. The Morgan fingerprint density at radius 1 is 1.14 bits per heavy atom. The van der Waals surface area contributed by atoms with Gasteiger partial charge in [0.2, 0.25) is 11.9 Å². The maximum Gasteiger partial charge on any atom is 0.323 e. The van der Waals surface area contributed by atoms with Gasteiger partial charge in [0, 0.05) is 20.6 Å². The molecule has 2 rings (SSSR count). The van der Waals surface area contributed by atoms with Crippen LogP contribution in [0.1, 0.15) is 12.5 Å². The van der Waals surface area contributed by atoms with Crippen LogP contribution in [0.4, 0.5) is 11.9 Å². The number of nitrogens with one attached hydrogen (secondary N) is 1. The van der Waals surface area contributed by atoms with Crippen molar-refractivity contribution >= 4 is 11.9 Å². The van der Waals surface area contributed by atoms with Crippen molar-refractivity contribution in [3.63, 3.8) is 0 Å². The van der Waals surface area contributed by atoms with E-state index >= 15 is 0 Å². The highest BCUT2D eigenvalue weighted by molar-refractivity contribution is 5.37. The summed E-state index contributed by atoms with van der Waals surface area (Å²) in [5.74, 6) is 1.11. The second-order valence-corrected chi connectivity index (χ2v) is 4.58. The summed E-state index contributed by atoms with van der Waals surface area (Å²) in [7, 11) is 3.74. The van der Waals surface area contributed by atoms with Crippen LogP contribution in [-0.2, 0) is 6.42 Å². The Bertz CT molecular complexity index is 561. The second-order valence-electron chi connectivity index (χ2n) is 4.58. The third kappa shape index (κ3) is 4.30. The average Bonchev–Trinajstić information content (AvgIpc) is 2.53. The molecule has 0 spiro atoms. The van der Waals surface area contributed by atoms with Gasteiger partial charge < -0.3 is 15.0 Å². The number of likely N-dealkylation sites (N-methyl/N-ethyl adjacent to an activating group) is 1. The molecular formula is C15H21N5O. The molecular weight excluding hydrogens is 266 g/mol. The van der Waals surface area contributed by atoms with Gasteiger partial charge in [0.15, 0.2) is 0 Å². The van der Waals surface area contributed by atoms with Gasteiger partial charge in [-0.15, -0.1) is 0 Å². The number of ether oxygens (including phenoxy) is 1. The number of rotatable bonds is 7. The molecule has 0 atom stereocenters. The van der Waals surface area contributed by atoms with E-state index in [-0.39, 0.29) is 0 Å². The van der Waals surface area contributed by atoms with E-state index < -0.39 is 0 Å². The normalized spacial score (nSPS) is 10.2. The van der Waals surface area contributed by atoms with E-state index in [0.717, 1.165) is 13.0 Å². The fourth-order valence-corrected chi connectivity index (χ4v) is 1.86. The number of nitrogens with zero attached hydrogens (tertiary/aromatic N) is 4. The lowest BCUT2D eigenvalue weighted by Crippen LogP contribution is -2.23. The fourth-order valence-electron chi connectivity index (χ4n) is 1.86. The predicted molar refractivity (Wildman–Crippen MR) is 84.0 cm³/mol. The molecule has 0 saturated heterocycles. The van der Waals surface area contributed by atoms with Crippen molar-refractivity contribution in [1.82, 2.24) is 15.0 Å². The van der Waals surface area contributed by atoms with Crippen molar-refractivity contribution in [2.75, 3.05) is 37.5 Å². The molecule has 21 heavy (non-hydrogen) atoms. The van der Waals surface area contributed by atoms with Crippen LogP contribution in [0.15, 0.2) is 30.3 Å². The highest BCUT2D eigenvalue weighted by Gasteiger charge is 2.10. The molecule has 112 valence electrons. The van der Waals surface area contributed by atoms with E-state index in [4.69, 9.17) is 4.74 Å². The molecule has 6 nitrogen and oxygen atoms in total. The van der Waals surface area contributed by atoms with Gasteiger partial charge in [-0.2, -0.15) is 15.0 Å². The van der Waals surface area contributed by atoms with Crippen LogP contribution in [0.25, 0.3) is 0 Å². The Hall–Kier alpha value is -2.37. The van der Waals surface area contributed by atoms with Gasteiger partial charge in [-0.3, -0.25) is 0 Å². The lowest BCUT2D eigenvalue weighted by molar-refractivity contribution is 0.312. The van der Waals surface area contributed by atoms with Gasteiger partial charge in [0.1, 0.15) is 0 Å². The van der Waals surface area contributed by atoms with Crippen LogP contribution >= 0.6 is 0 Å². The summed E-state index contributed by atoms with van der Waals surface area (Å²) in [6, 6.07) is 10.7. The molecule has 0 saturated carbocycles. The van der Waals surface area contributed by atoms with Crippen LogP contribution in [0.2, 0.25) is 0 Å². The molecule has 0 radical (unpaired) electrons. The van der Waals surface area contributed by atoms with Gasteiger partial charge in [0.05, 0.1) is 6.61 Å². The van der Waals surface area contributed by atoms with E-state index in [9.17, 15) is 0 Å². The molecule has 0 bridgehead atoms. The first kappa shape index (κ1) is 15.0. The number of hydrogen-bond acceptors (Lipinski definition) is 6. The quantitative estimate of drug-likeness (QED) is 0.840. The van der Waals surface area contributed by atoms with Crippen LogP contribution in [0.3, 0.4) is 0 Å². The van der Waals surface area contributed by atoms with Gasteiger partial charge in [0.25, 0.3) is 0 Å². The molecule has 1 heterocycles. The molecule has 0 unspecified atom stereocenters. The number of hydrogen-bond donors (Lipinski definition) is 1. The Kier molecular flexibility index (Phi) is 5.31. The van der Waals surface area contributed by atoms with E-state index in [0.29, 0.717) is 24.5 Å². The van der Waals surface area contributed by atoms with Gasteiger partial charge in [-0.25, -0.2) is 0 Å². The number of benzene rings is 1. The van der Waals surface area contributed by atoms with Crippen molar-refractivity contribution in [2.24, 2.45) is 0 Å². The molecule has 0 aliphatic rings. The minimum atomic E-state index is 0.346. The van der Waals surface area contributed by atoms with E-state index in [1.807, 2.05) is 37.1 Å². The van der Waals surface area contributed by atoms with Crippen molar-refractivity contribution < 1.29 is 4.74 Å². The summed E-state index contributed by atoms with van der Waals surface area (Å²) in [6.07, 6.45) is 0.932. The van der Waals surface area contributed by atoms with Crippen molar-refractivity contribution in [2.45, 2.75) is 13.3 Å². The maximum absolute atomic E-state index is 5.37. The lowest BCUT2D eigenvalue weighted by Gasteiger charge is -2.18. The smallest absolute Gasteiger partial charge is 0.323 e. The minimum Gasteiger partial charge on any atom is -0.464 e. The molecule has 6 heteroatoms. The SMILES string of the molecule is CCOc1nc(NC)nc(N(C)CCc2ccccc2)n1. The molecule has 0 fully saturated rings. The van der Waals surface area contributed by atoms with E-state index in [1.165, 1.54) is 5.56 Å². The van der Waals surface area contributed by atoms with Crippen LogP contribution in [0, 0.1) is 0 Å². The summed E-state index contributed by atoms with van der Waals surface area (Å²) in [6.45, 7) is 3.25. The zero-order valence-electron chi connectivity index (χ0n) is 12.7. The number of anilines is 2. The average molecular weight is 287 g/mol. The molecule has 0 aliphatic carbocycles. The minimum absolute atomic E-state index is 0.346. The first-order valence-electron chi connectivity index (χ1n) is 7.04. The molecule has 2 aromatic rings. The third-order valence-electron chi connectivity index (χ3n) is 3.02. The van der Waals surface area contributed by atoms with Crippen LogP contribution < -0.4 is 15.0 Å². The molecule has 0 aliphatic heterocycles. The molecule has 1 aromatic heterocycles. The summed E-state index contributed by atoms with van der Waals surface area (Å²) < 4.78 is 5.37. The van der Waals surface area contributed by atoms with E-state index in [2.05, 4.69) is 32.4 Å². The Balaban J connectivity index is 2.07. The van der Waals surface area contributed by atoms with Crippen molar-refractivity contribution in [3.05, 3.63) is 35.9 Å². The van der Waals surface area contributed by atoms with Crippen LogP contribution in [0.5, 0.6) is 6.01 Å². The van der Waals surface area contributed by atoms with Gasteiger partial charge in [-0.05, 0) is 18.9 Å². The molecule has 1 aromatic carbocycles. The third-order valence-corrected chi connectivity index (χ3v) is 3.02. The number of aromatic nitrogens is 3. The highest BCUT2D eigenvalue weighted by atomic mass is 16.5. The summed E-state index contributed by atoms with van der Waals surface area (Å²) >= 11 is 0. The van der Waals surface area contributed by atoms with Gasteiger partial charge in [-0.1, -0.05) is 30.3 Å². The fraction of sp³-hybridized carbons (Fsp3) is 0.400. The van der Waals surface area contributed by atoms with Crippen molar-refractivity contribution in [3.8, 4) is 6.01 Å². The first-order chi connectivity index (χ1) is 10.2. The molecule has 1 N–H and O–H groups in total. The lowest BCUT2D eigenvalue weighted by atomic mass is 10.1. The van der Waals surface area contributed by atoms with Crippen molar-refractivity contribution in [1.29, 1.82) is 0 Å². The predicted octanol–water partition coefficient (Wildman–Crippen LogP) is 1.99. The maximum atomic E-state index is 5.37. The largest absolute Gasteiger partial charge is 0.464 e. The Morgan fingerprint density at radius 2 is 1.90 bits per heavy atom. The topological polar surface area (TPSA) is 63.2 Å². The monoisotopic (exact) mass is 287 g/mol. The van der Waals surface area contributed by atoms with Crippen LogP contribution in [-0.4, -0.2) is 42.2 Å². The van der Waals surface area contributed by atoms with Gasteiger partial charge >= 0.3 is 6.01 Å². The highest BCUT2D eigenvalue weighted by Crippen LogP contribution is 2.14. The summed E-state index contributed by atoms with van der Waals surface area (Å²) in [5, 5.41) is 2.93. The zero-order chi connectivity index (χ0) is 15.1. The standard InChI is InChI=1S/C15H21N5O/c1-4-21-15-18-13(16-2)17-14(19-15)20(3)11-10-12-8-6-5-7-9-12/h5-9H,4,10-11H2,1-3H3,(H,16,17,18,19). The first-order valence-corrected chi connectivity index (χ1v) is 7.04. The summed E-state index contributed by atoms with van der Waals surface area (Å²) in [5.41, 5.74) is 1.29. The zero-order valence-corrected chi connectivity index (χ0v) is 12.7. The van der Waals surface area contributed by atoms with E-state index in [1.54, 1.807) is 7.05 Å². The summed E-state index contributed by atoms with van der Waals surface area (Å²) in [4.78, 5) is 14.8.